The number of carbonyl (C=O) groups is 1. The van der Waals surface area contributed by atoms with Gasteiger partial charge in [-0.05, 0) is 12.1 Å². The van der Waals surface area contributed by atoms with Gasteiger partial charge < -0.3 is 9.88 Å². The van der Waals surface area contributed by atoms with E-state index in [0.717, 1.165) is 11.4 Å². The van der Waals surface area contributed by atoms with Crippen molar-refractivity contribution in [1.82, 2.24) is 24.6 Å². The molecule has 7 heteroatoms. The molecule has 1 aromatic carbocycles. The molecule has 122 valence electrons. The molecule has 1 aliphatic heterocycles. The quantitative estimate of drug-likeness (QED) is 0.785. The highest BCUT2D eigenvalue weighted by Crippen LogP contribution is 2.24. The summed E-state index contributed by atoms with van der Waals surface area (Å²) in [5.74, 6) is 0.293. The monoisotopic (exact) mass is 325 g/mol. The van der Waals surface area contributed by atoms with E-state index < -0.39 is 0 Å². The van der Waals surface area contributed by atoms with E-state index in [-0.39, 0.29) is 11.7 Å². The van der Waals surface area contributed by atoms with Crippen molar-refractivity contribution in [1.29, 1.82) is 0 Å². The molecule has 1 aliphatic rings. The number of nitrogens with one attached hydrogen (secondary N) is 1. The minimum absolute atomic E-state index is 0.0457. The van der Waals surface area contributed by atoms with E-state index in [2.05, 4.69) is 15.1 Å². The van der Waals surface area contributed by atoms with Crippen molar-refractivity contribution in [2.75, 3.05) is 6.54 Å². The molecule has 24 heavy (non-hydrogen) atoms. The number of hydrogen-bond acceptors (Lipinski definition) is 3. The molecule has 4 rings (SSSR count). The molecule has 0 atom stereocenters. The van der Waals surface area contributed by atoms with E-state index in [4.69, 9.17) is 0 Å². The van der Waals surface area contributed by atoms with Crippen LogP contribution >= 0.6 is 0 Å². The molecule has 0 saturated heterocycles. The Morgan fingerprint density at radius 2 is 2.25 bits per heavy atom. The number of aromatic amines is 1. The van der Waals surface area contributed by atoms with E-state index >= 15 is 0 Å². The van der Waals surface area contributed by atoms with Gasteiger partial charge in [-0.2, -0.15) is 5.10 Å². The van der Waals surface area contributed by atoms with Gasteiger partial charge in [0.1, 0.15) is 11.6 Å². The molecule has 1 N–H and O–H groups in total. The first-order valence-corrected chi connectivity index (χ1v) is 7.72. The maximum Gasteiger partial charge on any atom is 0.257 e. The van der Waals surface area contributed by atoms with Crippen LogP contribution in [0.5, 0.6) is 0 Å². The summed E-state index contributed by atoms with van der Waals surface area (Å²) in [5, 5.41) is 4.04. The summed E-state index contributed by atoms with van der Waals surface area (Å²) in [5.41, 5.74) is 3.11. The lowest BCUT2D eigenvalue weighted by Crippen LogP contribution is -2.35. The van der Waals surface area contributed by atoms with E-state index in [1.807, 2.05) is 6.07 Å². The predicted octanol–water partition coefficient (Wildman–Crippen LogP) is 2.15. The van der Waals surface area contributed by atoms with E-state index in [0.29, 0.717) is 36.5 Å². The number of carbonyl (C=O) groups excluding carboxylic acids is 1. The van der Waals surface area contributed by atoms with Crippen molar-refractivity contribution in [3.8, 4) is 11.4 Å². The lowest BCUT2D eigenvalue weighted by atomic mass is 10.1. The van der Waals surface area contributed by atoms with Crippen LogP contribution in [0, 0.1) is 5.82 Å². The molecule has 0 aliphatic carbocycles. The van der Waals surface area contributed by atoms with Gasteiger partial charge in [-0.3, -0.25) is 9.48 Å². The second-order valence-corrected chi connectivity index (χ2v) is 5.90. The van der Waals surface area contributed by atoms with E-state index in [1.54, 1.807) is 35.1 Å². The number of imidazole rings is 1. The first-order chi connectivity index (χ1) is 11.6. The highest BCUT2D eigenvalue weighted by molar-refractivity contribution is 5.93. The van der Waals surface area contributed by atoms with Crippen LogP contribution in [0.3, 0.4) is 0 Å². The Morgan fingerprint density at radius 3 is 3.00 bits per heavy atom. The Morgan fingerprint density at radius 1 is 1.38 bits per heavy atom. The van der Waals surface area contributed by atoms with Gasteiger partial charge in [0.2, 0.25) is 0 Å². The fraction of sp³-hybridized carbons (Fsp3) is 0.235. The van der Waals surface area contributed by atoms with Crippen LogP contribution in [0.2, 0.25) is 0 Å². The molecule has 0 radical (unpaired) electrons. The number of aromatic nitrogens is 4. The average Bonchev–Trinajstić information content (AvgIpc) is 3.19. The van der Waals surface area contributed by atoms with Crippen molar-refractivity contribution in [2.24, 2.45) is 7.05 Å². The van der Waals surface area contributed by atoms with Gasteiger partial charge in [0, 0.05) is 31.8 Å². The van der Waals surface area contributed by atoms with Crippen molar-refractivity contribution >= 4 is 5.91 Å². The third kappa shape index (κ3) is 2.58. The molecule has 0 fully saturated rings. The van der Waals surface area contributed by atoms with Gasteiger partial charge in [0.15, 0.2) is 0 Å². The van der Waals surface area contributed by atoms with Gasteiger partial charge in [-0.25, -0.2) is 9.37 Å². The molecule has 1 amide bonds. The Hall–Kier alpha value is -2.96. The number of rotatable bonds is 2. The number of nitrogens with zero attached hydrogens (tertiary/aromatic N) is 4. The Kier molecular flexibility index (Phi) is 3.41. The van der Waals surface area contributed by atoms with Crippen LogP contribution in [0.1, 0.15) is 21.7 Å². The van der Waals surface area contributed by atoms with Gasteiger partial charge in [-0.15, -0.1) is 0 Å². The van der Waals surface area contributed by atoms with E-state index in [9.17, 15) is 9.18 Å². The first kappa shape index (κ1) is 14.6. The lowest BCUT2D eigenvalue weighted by molar-refractivity contribution is 0.0732. The average molecular weight is 325 g/mol. The Labute approximate surface area is 137 Å². The number of hydrogen-bond donors (Lipinski definition) is 1. The zero-order chi connectivity index (χ0) is 16.7. The molecule has 0 spiro atoms. The fourth-order valence-electron chi connectivity index (χ4n) is 2.95. The zero-order valence-electron chi connectivity index (χ0n) is 13.2. The molecule has 6 nitrogen and oxygen atoms in total. The summed E-state index contributed by atoms with van der Waals surface area (Å²) >= 11 is 0. The fourth-order valence-corrected chi connectivity index (χ4v) is 2.95. The number of aryl methyl sites for hydroxylation is 1. The summed E-state index contributed by atoms with van der Waals surface area (Å²) in [4.78, 5) is 22.1. The zero-order valence-corrected chi connectivity index (χ0v) is 13.2. The van der Waals surface area contributed by atoms with E-state index in [1.165, 1.54) is 12.1 Å². The normalized spacial score (nSPS) is 13.8. The number of H-pyrrole nitrogens is 1. The molecular formula is C17H16FN5O. The summed E-state index contributed by atoms with van der Waals surface area (Å²) in [6.07, 6.45) is 3.96. The molecule has 0 saturated carbocycles. The lowest BCUT2D eigenvalue weighted by Gasteiger charge is -2.25. The smallest absolute Gasteiger partial charge is 0.257 e. The number of amides is 1. The first-order valence-electron chi connectivity index (χ1n) is 7.72. The molecule has 0 bridgehead atoms. The summed E-state index contributed by atoms with van der Waals surface area (Å²) in [7, 11) is 1.78. The summed E-state index contributed by atoms with van der Waals surface area (Å²) in [6, 6.07) is 6.32. The third-order valence-corrected chi connectivity index (χ3v) is 4.17. The highest BCUT2D eigenvalue weighted by atomic mass is 19.1. The minimum Gasteiger partial charge on any atom is -0.340 e. The van der Waals surface area contributed by atoms with Gasteiger partial charge in [0.05, 0.1) is 29.7 Å². The summed E-state index contributed by atoms with van der Waals surface area (Å²) < 4.78 is 15.0. The van der Waals surface area contributed by atoms with Crippen LogP contribution < -0.4 is 0 Å². The van der Waals surface area contributed by atoms with Gasteiger partial charge in [-0.1, -0.05) is 12.1 Å². The maximum absolute atomic E-state index is 13.4. The molecule has 0 unspecified atom stereocenters. The second kappa shape index (κ2) is 5.59. The second-order valence-electron chi connectivity index (χ2n) is 5.90. The van der Waals surface area contributed by atoms with Gasteiger partial charge in [0.25, 0.3) is 5.91 Å². The van der Waals surface area contributed by atoms with Crippen molar-refractivity contribution in [3.63, 3.8) is 0 Å². The third-order valence-electron chi connectivity index (χ3n) is 4.17. The SMILES string of the molecule is Cn1cc(C(=O)N2CCc3nc(-c4cccc(F)c4)[nH]c3C2)cn1. The van der Waals surface area contributed by atoms with Crippen LogP contribution in [-0.4, -0.2) is 37.1 Å². The predicted molar refractivity (Wildman–Crippen MR) is 85.6 cm³/mol. The largest absolute Gasteiger partial charge is 0.340 e. The number of halogens is 1. The molecule has 2 aromatic heterocycles. The van der Waals surface area contributed by atoms with Gasteiger partial charge >= 0.3 is 0 Å². The summed E-state index contributed by atoms with van der Waals surface area (Å²) in [6.45, 7) is 1.07. The number of fused-ring (bicyclic) bond motifs is 1. The van der Waals surface area contributed by atoms with Crippen LogP contribution in [-0.2, 0) is 20.0 Å². The van der Waals surface area contributed by atoms with Crippen LogP contribution in [0.4, 0.5) is 4.39 Å². The highest BCUT2D eigenvalue weighted by Gasteiger charge is 2.25. The topological polar surface area (TPSA) is 66.8 Å². The van der Waals surface area contributed by atoms with Crippen molar-refractivity contribution in [2.45, 2.75) is 13.0 Å². The van der Waals surface area contributed by atoms with Crippen molar-refractivity contribution in [3.05, 3.63) is 59.4 Å². The minimum atomic E-state index is -0.296. The Balaban J connectivity index is 1.58. The Bertz CT molecular complexity index is 913. The van der Waals surface area contributed by atoms with Crippen LogP contribution in [0.25, 0.3) is 11.4 Å². The molecule has 3 aromatic rings. The number of benzene rings is 1. The molecule has 3 heterocycles. The molecular weight excluding hydrogens is 309 g/mol. The van der Waals surface area contributed by atoms with Crippen molar-refractivity contribution < 1.29 is 9.18 Å². The standard InChI is InChI=1S/C17H16FN5O/c1-22-9-12(8-19-22)17(24)23-6-5-14-15(10-23)21-16(20-14)11-3-2-4-13(18)7-11/h2-4,7-9H,5-6,10H2,1H3,(H,20,21). The van der Waals surface area contributed by atoms with Crippen LogP contribution in [0.15, 0.2) is 36.7 Å². The maximum atomic E-state index is 13.4.